The summed E-state index contributed by atoms with van der Waals surface area (Å²) < 4.78 is 11.5. The van der Waals surface area contributed by atoms with E-state index in [9.17, 15) is 0 Å². The lowest BCUT2D eigenvalue weighted by Crippen LogP contribution is -2.28. The summed E-state index contributed by atoms with van der Waals surface area (Å²) in [5.74, 6) is 2.06. The lowest BCUT2D eigenvalue weighted by atomic mass is 10.2. The number of likely N-dealkylation sites (tertiary alicyclic amines) is 1. The average molecular weight is 370 g/mol. The molecule has 1 aliphatic rings. The van der Waals surface area contributed by atoms with Gasteiger partial charge in [-0.1, -0.05) is 0 Å². The van der Waals surface area contributed by atoms with Crippen LogP contribution in [0.2, 0.25) is 0 Å². The number of aromatic nitrogens is 2. The van der Waals surface area contributed by atoms with Crippen molar-refractivity contribution in [1.82, 2.24) is 14.9 Å². The molecule has 0 bridgehead atoms. The molecule has 1 aliphatic heterocycles. The minimum atomic E-state index is 0.589. The Morgan fingerprint density at radius 2 is 1.93 bits per heavy atom. The largest absolute Gasteiger partial charge is 0.493 e. The quantitative estimate of drug-likeness (QED) is 0.706. The smallest absolute Gasteiger partial charge is 0.227 e. The molecule has 27 heavy (non-hydrogen) atoms. The summed E-state index contributed by atoms with van der Waals surface area (Å²) in [6, 6.07) is 8.44. The number of hydrogen-bond donors (Lipinski definition) is 1. The summed E-state index contributed by atoms with van der Waals surface area (Å²) >= 11 is 0. The molecule has 146 valence electrons. The van der Waals surface area contributed by atoms with E-state index in [1.807, 2.05) is 38.1 Å². The van der Waals surface area contributed by atoms with Gasteiger partial charge in [-0.15, -0.1) is 0 Å². The molecule has 2 aromatic rings. The first kappa shape index (κ1) is 19.4. The molecule has 3 rings (SSSR count). The molecule has 0 saturated carbocycles. The van der Waals surface area contributed by atoms with Crippen molar-refractivity contribution in [3.05, 3.63) is 35.7 Å². The Morgan fingerprint density at radius 1 is 1.15 bits per heavy atom. The van der Waals surface area contributed by atoms with Crippen LogP contribution in [0, 0.1) is 13.8 Å². The van der Waals surface area contributed by atoms with Crippen molar-refractivity contribution in [2.24, 2.45) is 0 Å². The molecule has 6 heteroatoms. The maximum Gasteiger partial charge on any atom is 0.227 e. The number of hydrogen-bond acceptors (Lipinski definition) is 6. The standard InChI is InChI=1S/C21H30N4O2/c1-15-13-16(2)23-21(22-15)24-18-8-9-19(26-4)20(14-18)27-12-6-11-25-10-5-7-17(25)3/h8-9,13-14,17H,5-7,10-12H2,1-4H3,(H,22,23,24). The van der Waals surface area contributed by atoms with Gasteiger partial charge in [0, 0.05) is 35.7 Å². The Labute approximate surface area is 161 Å². The van der Waals surface area contributed by atoms with Crippen LogP contribution in [0.3, 0.4) is 0 Å². The minimum absolute atomic E-state index is 0.589. The van der Waals surface area contributed by atoms with Crippen molar-refractivity contribution in [1.29, 1.82) is 0 Å². The van der Waals surface area contributed by atoms with Gasteiger partial charge in [0.25, 0.3) is 0 Å². The number of methoxy groups -OCH3 is 1. The maximum absolute atomic E-state index is 6.02. The average Bonchev–Trinajstić information content (AvgIpc) is 3.03. The highest BCUT2D eigenvalue weighted by atomic mass is 16.5. The third kappa shape index (κ3) is 5.32. The molecule has 1 unspecified atom stereocenters. The van der Waals surface area contributed by atoms with Crippen LogP contribution in [0.4, 0.5) is 11.6 Å². The highest BCUT2D eigenvalue weighted by Crippen LogP contribution is 2.31. The predicted octanol–water partition coefficient (Wildman–Crippen LogP) is 4.10. The van der Waals surface area contributed by atoms with E-state index in [1.54, 1.807) is 7.11 Å². The molecule has 0 radical (unpaired) electrons. The van der Waals surface area contributed by atoms with E-state index in [-0.39, 0.29) is 0 Å². The van der Waals surface area contributed by atoms with E-state index in [0.717, 1.165) is 41.5 Å². The molecule has 1 N–H and O–H groups in total. The molecule has 1 aromatic heterocycles. The van der Waals surface area contributed by atoms with Crippen LogP contribution in [-0.4, -0.2) is 47.7 Å². The van der Waals surface area contributed by atoms with E-state index in [2.05, 4.69) is 27.1 Å². The first-order valence-corrected chi connectivity index (χ1v) is 9.69. The second kappa shape index (κ2) is 9.04. The zero-order valence-electron chi connectivity index (χ0n) is 16.8. The third-order valence-corrected chi connectivity index (χ3v) is 4.94. The summed E-state index contributed by atoms with van der Waals surface area (Å²) in [6.07, 6.45) is 3.62. The van der Waals surface area contributed by atoms with Gasteiger partial charge in [0.15, 0.2) is 11.5 Å². The normalized spacial score (nSPS) is 17.1. The lowest BCUT2D eigenvalue weighted by molar-refractivity contribution is 0.226. The minimum Gasteiger partial charge on any atom is -0.493 e. The Kier molecular flexibility index (Phi) is 6.50. The van der Waals surface area contributed by atoms with Crippen molar-refractivity contribution in [2.75, 3.05) is 32.1 Å². The fraction of sp³-hybridized carbons (Fsp3) is 0.524. The number of ether oxygens (including phenoxy) is 2. The van der Waals surface area contributed by atoms with Crippen molar-refractivity contribution < 1.29 is 9.47 Å². The van der Waals surface area contributed by atoms with Gasteiger partial charge in [-0.05, 0) is 64.8 Å². The van der Waals surface area contributed by atoms with Crippen LogP contribution in [-0.2, 0) is 0 Å². The fourth-order valence-corrected chi connectivity index (χ4v) is 3.55. The van der Waals surface area contributed by atoms with Gasteiger partial charge in [0.05, 0.1) is 13.7 Å². The Balaban J connectivity index is 1.60. The molecule has 6 nitrogen and oxygen atoms in total. The Bertz CT molecular complexity index is 746. The van der Waals surface area contributed by atoms with Gasteiger partial charge in [-0.3, -0.25) is 0 Å². The highest BCUT2D eigenvalue weighted by molar-refractivity contribution is 5.59. The van der Waals surface area contributed by atoms with Crippen LogP contribution in [0.25, 0.3) is 0 Å². The van der Waals surface area contributed by atoms with E-state index in [1.165, 1.54) is 19.4 Å². The second-order valence-electron chi connectivity index (χ2n) is 7.19. The molecular weight excluding hydrogens is 340 g/mol. The summed E-state index contributed by atoms with van der Waals surface area (Å²) in [5, 5.41) is 3.25. The SMILES string of the molecule is COc1ccc(Nc2nc(C)cc(C)n2)cc1OCCCN1CCCC1C. The van der Waals surface area contributed by atoms with Gasteiger partial charge in [-0.2, -0.15) is 0 Å². The van der Waals surface area contributed by atoms with Crippen molar-refractivity contribution in [3.63, 3.8) is 0 Å². The van der Waals surface area contributed by atoms with Gasteiger partial charge in [0.2, 0.25) is 5.95 Å². The Morgan fingerprint density at radius 3 is 2.59 bits per heavy atom. The topological polar surface area (TPSA) is 59.5 Å². The third-order valence-electron chi connectivity index (χ3n) is 4.94. The van der Waals surface area contributed by atoms with Crippen LogP contribution < -0.4 is 14.8 Å². The number of benzene rings is 1. The van der Waals surface area contributed by atoms with E-state index < -0.39 is 0 Å². The lowest BCUT2D eigenvalue weighted by Gasteiger charge is -2.21. The fourth-order valence-electron chi connectivity index (χ4n) is 3.55. The number of rotatable bonds is 8. The van der Waals surface area contributed by atoms with Gasteiger partial charge >= 0.3 is 0 Å². The summed E-state index contributed by atoms with van der Waals surface area (Å²) in [6.45, 7) is 9.19. The van der Waals surface area contributed by atoms with Gasteiger partial charge in [0.1, 0.15) is 0 Å². The van der Waals surface area contributed by atoms with Crippen molar-refractivity contribution >= 4 is 11.6 Å². The monoisotopic (exact) mass is 370 g/mol. The van der Waals surface area contributed by atoms with Crippen LogP contribution in [0.15, 0.2) is 24.3 Å². The second-order valence-corrected chi connectivity index (χ2v) is 7.19. The van der Waals surface area contributed by atoms with E-state index >= 15 is 0 Å². The van der Waals surface area contributed by atoms with E-state index in [0.29, 0.717) is 18.6 Å². The van der Waals surface area contributed by atoms with E-state index in [4.69, 9.17) is 9.47 Å². The molecule has 1 aromatic carbocycles. The first-order chi connectivity index (χ1) is 13.0. The van der Waals surface area contributed by atoms with Crippen LogP contribution in [0.1, 0.15) is 37.6 Å². The van der Waals surface area contributed by atoms with Gasteiger partial charge < -0.3 is 19.7 Å². The maximum atomic E-state index is 6.02. The number of anilines is 2. The Hall–Kier alpha value is -2.34. The number of nitrogens with zero attached hydrogens (tertiary/aromatic N) is 3. The molecular formula is C21H30N4O2. The molecule has 0 aliphatic carbocycles. The van der Waals surface area contributed by atoms with Gasteiger partial charge in [-0.25, -0.2) is 9.97 Å². The zero-order valence-corrected chi connectivity index (χ0v) is 16.8. The van der Waals surface area contributed by atoms with Crippen LogP contribution >= 0.6 is 0 Å². The molecule has 0 amide bonds. The first-order valence-electron chi connectivity index (χ1n) is 9.69. The molecule has 1 saturated heterocycles. The number of aryl methyl sites for hydroxylation is 2. The summed E-state index contributed by atoms with van der Waals surface area (Å²) in [5.41, 5.74) is 2.75. The molecule has 2 heterocycles. The number of nitrogens with one attached hydrogen (secondary N) is 1. The molecule has 1 atom stereocenters. The van der Waals surface area contributed by atoms with Crippen molar-refractivity contribution in [2.45, 2.75) is 46.1 Å². The molecule has 0 spiro atoms. The summed E-state index contributed by atoms with van der Waals surface area (Å²) in [4.78, 5) is 11.4. The van der Waals surface area contributed by atoms with Crippen molar-refractivity contribution in [3.8, 4) is 11.5 Å². The summed E-state index contributed by atoms with van der Waals surface area (Å²) in [7, 11) is 1.66. The zero-order chi connectivity index (χ0) is 19.2. The van der Waals surface area contributed by atoms with Crippen LogP contribution in [0.5, 0.6) is 11.5 Å². The molecule has 1 fully saturated rings. The highest BCUT2D eigenvalue weighted by Gasteiger charge is 2.19. The predicted molar refractivity (Wildman–Crippen MR) is 108 cm³/mol.